The van der Waals surface area contributed by atoms with Crippen molar-refractivity contribution in [3.63, 3.8) is 0 Å². The van der Waals surface area contributed by atoms with Crippen molar-refractivity contribution in [1.29, 1.82) is 0 Å². The number of amides is 2. The predicted molar refractivity (Wildman–Crippen MR) is 99.2 cm³/mol. The summed E-state index contributed by atoms with van der Waals surface area (Å²) in [7, 11) is 0. The third kappa shape index (κ3) is 7.11. The molecule has 0 saturated heterocycles. The molecule has 9 heteroatoms. The van der Waals surface area contributed by atoms with Crippen molar-refractivity contribution in [3.8, 4) is 5.75 Å². The highest BCUT2D eigenvalue weighted by molar-refractivity contribution is 6.30. The summed E-state index contributed by atoms with van der Waals surface area (Å²) in [4.78, 5) is 23.9. The first-order chi connectivity index (χ1) is 13.1. The predicted octanol–water partition coefficient (Wildman–Crippen LogP) is 4.49. The van der Waals surface area contributed by atoms with Crippen molar-refractivity contribution in [3.05, 3.63) is 59.1 Å². The summed E-state index contributed by atoms with van der Waals surface area (Å²) < 4.78 is 41.9. The lowest BCUT2D eigenvalue weighted by Gasteiger charge is -2.19. The van der Waals surface area contributed by atoms with Crippen LogP contribution in [0, 0.1) is 0 Å². The highest BCUT2D eigenvalue weighted by atomic mass is 35.5. The lowest BCUT2D eigenvalue weighted by molar-refractivity contribution is -0.153. The Morgan fingerprint density at radius 3 is 2.36 bits per heavy atom. The summed E-state index contributed by atoms with van der Waals surface area (Å²) in [6.45, 7) is -0.153. The molecular formula is C19H18ClF3N2O3. The minimum Gasteiger partial charge on any atom is -0.482 e. The maximum atomic E-state index is 12.4. The van der Waals surface area contributed by atoms with E-state index in [1.807, 2.05) is 0 Å². The molecule has 0 aliphatic carbocycles. The van der Waals surface area contributed by atoms with Crippen LogP contribution >= 0.6 is 11.6 Å². The van der Waals surface area contributed by atoms with Crippen molar-refractivity contribution in [2.45, 2.75) is 25.6 Å². The summed E-state index contributed by atoms with van der Waals surface area (Å²) in [6.07, 6.45) is -4.63. The number of benzene rings is 2. The van der Waals surface area contributed by atoms with Gasteiger partial charge in [-0.15, -0.1) is 0 Å². The summed E-state index contributed by atoms with van der Waals surface area (Å²) in [5, 5.41) is 5.70. The first-order valence-corrected chi connectivity index (χ1v) is 8.63. The monoisotopic (exact) mass is 414 g/mol. The van der Waals surface area contributed by atoms with E-state index in [1.54, 1.807) is 30.3 Å². The lowest BCUT2D eigenvalue weighted by Crippen LogP contribution is -2.29. The van der Waals surface area contributed by atoms with Crippen LogP contribution in [0.2, 0.25) is 5.02 Å². The Morgan fingerprint density at radius 1 is 1.11 bits per heavy atom. The van der Waals surface area contributed by atoms with Crippen LogP contribution in [0.4, 0.5) is 18.9 Å². The third-order valence-electron chi connectivity index (χ3n) is 3.59. The van der Waals surface area contributed by atoms with Crippen molar-refractivity contribution in [2.24, 2.45) is 0 Å². The van der Waals surface area contributed by atoms with Gasteiger partial charge in [-0.25, -0.2) is 0 Å². The summed E-state index contributed by atoms with van der Waals surface area (Å²) in [6, 6.07) is 11.8. The molecule has 0 spiro atoms. The van der Waals surface area contributed by atoms with Crippen LogP contribution in [0.3, 0.4) is 0 Å². The highest BCUT2D eigenvalue weighted by Gasteiger charge is 2.29. The van der Waals surface area contributed by atoms with Crippen molar-refractivity contribution in [2.75, 3.05) is 11.9 Å². The van der Waals surface area contributed by atoms with Gasteiger partial charge in [-0.1, -0.05) is 35.9 Å². The van der Waals surface area contributed by atoms with Gasteiger partial charge in [0, 0.05) is 11.9 Å². The molecule has 2 N–H and O–H groups in total. The molecule has 0 saturated carbocycles. The molecule has 1 unspecified atom stereocenters. The number of halogens is 4. The Kier molecular flexibility index (Phi) is 7.28. The van der Waals surface area contributed by atoms with Gasteiger partial charge in [0.05, 0.1) is 18.2 Å². The van der Waals surface area contributed by atoms with Gasteiger partial charge in [0.2, 0.25) is 11.8 Å². The van der Waals surface area contributed by atoms with E-state index in [9.17, 15) is 22.8 Å². The van der Waals surface area contributed by atoms with Crippen LogP contribution in [0.25, 0.3) is 0 Å². The molecular weight excluding hydrogens is 397 g/mol. The normalized spacial score (nSPS) is 12.2. The molecule has 150 valence electrons. The molecule has 0 radical (unpaired) electrons. The standard InChI is InChI=1S/C19H18ClF3N2O3/c1-12(26)24-16(13-6-8-14(20)9-7-13)10-18(27)25-15-4-2-3-5-17(15)28-11-19(21,22)23/h2-9,16H,10-11H2,1H3,(H,24,26)(H,25,27). The van der Waals surface area contributed by atoms with E-state index in [1.165, 1.54) is 25.1 Å². The zero-order chi connectivity index (χ0) is 20.7. The van der Waals surface area contributed by atoms with Crippen molar-refractivity contribution >= 4 is 29.1 Å². The molecule has 1 atom stereocenters. The van der Waals surface area contributed by atoms with Gasteiger partial charge in [0.25, 0.3) is 0 Å². The van der Waals surface area contributed by atoms with E-state index in [0.717, 1.165) is 0 Å². The fraction of sp³-hybridized carbons (Fsp3) is 0.263. The summed E-state index contributed by atoms with van der Waals surface area (Å²) >= 11 is 5.85. The minimum absolute atomic E-state index is 0.101. The summed E-state index contributed by atoms with van der Waals surface area (Å²) in [5.41, 5.74) is 0.769. The highest BCUT2D eigenvalue weighted by Crippen LogP contribution is 2.27. The molecule has 2 aromatic carbocycles. The molecule has 0 fully saturated rings. The van der Waals surface area contributed by atoms with Gasteiger partial charge in [0.1, 0.15) is 5.75 Å². The van der Waals surface area contributed by atoms with E-state index >= 15 is 0 Å². The zero-order valence-corrected chi connectivity index (χ0v) is 15.6. The number of carbonyl (C=O) groups excluding carboxylic acids is 2. The fourth-order valence-electron chi connectivity index (χ4n) is 2.43. The molecule has 0 aliphatic heterocycles. The Balaban J connectivity index is 2.10. The zero-order valence-electron chi connectivity index (χ0n) is 14.8. The SMILES string of the molecule is CC(=O)NC(CC(=O)Nc1ccccc1OCC(F)(F)F)c1ccc(Cl)cc1. The van der Waals surface area contributed by atoms with Crippen molar-refractivity contribution in [1.82, 2.24) is 5.32 Å². The molecule has 0 aromatic heterocycles. The topological polar surface area (TPSA) is 67.4 Å². The van der Waals surface area contributed by atoms with Gasteiger partial charge >= 0.3 is 6.18 Å². The second kappa shape index (κ2) is 9.45. The van der Waals surface area contributed by atoms with Gasteiger partial charge in [-0.05, 0) is 29.8 Å². The number of alkyl halides is 3. The molecule has 5 nitrogen and oxygen atoms in total. The number of nitrogens with one attached hydrogen (secondary N) is 2. The van der Waals surface area contributed by atoms with Crippen LogP contribution < -0.4 is 15.4 Å². The van der Waals surface area contributed by atoms with Crippen molar-refractivity contribution < 1.29 is 27.5 Å². The number of anilines is 1. The largest absolute Gasteiger partial charge is 0.482 e. The quantitative estimate of drug-likeness (QED) is 0.701. The van der Waals surface area contributed by atoms with Crippen LogP contribution in [0.5, 0.6) is 5.75 Å². The second-order valence-electron chi connectivity index (χ2n) is 5.96. The number of rotatable bonds is 7. The van der Waals surface area contributed by atoms with E-state index in [4.69, 9.17) is 16.3 Å². The Morgan fingerprint density at radius 2 is 1.75 bits per heavy atom. The Labute approximate surface area is 164 Å². The molecule has 0 bridgehead atoms. The van der Waals surface area contributed by atoms with E-state index in [0.29, 0.717) is 10.6 Å². The van der Waals surface area contributed by atoms with Crippen LogP contribution in [0.1, 0.15) is 24.9 Å². The van der Waals surface area contributed by atoms with Gasteiger partial charge in [-0.2, -0.15) is 13.2 Å². The molecule has 0 heterocycles. The van der Waals surface area contributed by atoms with E-state index in [-0.39, 0.29) is 23.8 Å². The second-order valence-corrected chi connectivity index (χ2v) is 6.39. The molecule has 2 amide bonds. The van der Waals surface area contributed by atoms with E-state index in [2.05, 4.69) is 10.6 Å². The first kappa shape index (κ1) is 21.6. The average Bonchev–Trinajstić information content (AvgIpc) is 2.60. The minimum atomic E-state index is -4.50. The Hall–Kier alpha value is -2.74. The number of carbonyl (C=O) groups is 2. The van der Waals surface area contributed by atoms with Gasteiger partial charge in [-0.3, -0.25) is 9.59 Å². The van der Waals surface area contributed by atoms with Gasteiger partial charge in [0.15, 0.2) is 6.61 Å². The number of para-hydroxylation sites is 2. The average molecular weight is 415 g/mol. The number of hydrogen-bond acceptors (Lipinski definition) is 3. The summed E-state index contributed by atoms with van der Waals surface area (Å²) in [5.74, 6) is -0.936. The molecule has 2 rings (SSSR count). The van der Waals surface area contributed by atoms with Crippen LogP contribution in [-0.4, -0.2) is 24.6 Å². The molecule has 28 heavy (non-hydrogen) atoms. The third-order valence-corrected chi connectivity index (χ3v) is 3.84. The number of hydrogen-bond donors (Lipinski definition) is 2. The number of ether oxygens (including phenoxy) is 1. The lowest BCUT2D eigenvalue weighted by atomic mass is 10.0. The van der Waals surface area contributed by atoms with E-state index < -0.39 is 24.7 Å². The maximum absolute atomic E-state index is 12.4. The van der Waals surface area contributed by atoms with Gasteiger partial charge < -0.3 is 15.4 Å². The smallest absolute Gasteiger partial charge is 0.422 e. The molecule has 0 aliphatic rings. The molecule has 2 aromatic rings. The fourth-order valence-corrected chi connectivity index (χ4v) is 2.56. The first-order valence-electron chi connectivity index (χ1n) is 8.25. The maximum Gasteiger partial charge on any atom is 0.422 e. The Bertz CT molecular complexity index is 826. The van der Waals surface area contributed by atoms with Crippen LogP contribution in [-0.2, 0) is 9.59 Å². The van der Waals surface area contributed by atoms with Crippen LogP contribution in [0.15, 0.2) is 48.5 Å².